The number of imidazole rings is 1. The van der Waals surface area contributed by atoms with Crippen LogP contribution < -0.4 is 0 Å². The number of aryl methyl sites for hydroxylation is 2. The number of aromatic nitrogens is 2. The van der Waals surface area contributed by atoms with Gasteiger partial charge < -0.3 is 4.90 Å². The largest absolute Gasteiger partial charge is 0.336 e. The van der Waals surface area contributed by atoms with E-state index in [2.05, 4.69) is 65.7 Å². The van der Waals surface area contributed by atoms with Gasteiger partial charge in [0.1, 0.15) is 0 Å². The number of carbonyl (C=O) groups excluding carboxylic acids is 1. The SMILES string of the molecule is Cc1ccc(-c2nc3sc(C)cn3c2CN2CCN(C(=O)c3ccc4ccccc4c3)CC2)cc1. The minimum atomic E-state index is 0.121. The van der Waals surface area contributed by atoms with Crippen LogP contribution in [0.15, 0.2) is 72.9 Å². The monoisotopic (exact) mass is 480 g/mol. The van der Waals surface area contributed by atoms with Crippen LogP contribution in [0.4, 0.5) is 0 Å². The lowest BCUT2D eigenvalue weighted by Gasteiger charge is -2.34. The fourth-order valence-electron chi connectivity index (χ4n) is 4.92. The van der Waals surface area contributed by atoms with Gasteiger partial charge in [-0.05, 0) is 36.8 Å². The van der Waals surface area contributed by atoms with Gasteiger partial charge in [0.05, 0.1) is 11.4 Å². The lowest BCUT2D eigenvalue weighted by molar-refractivity contribution is 0.0627. The first-order valence-electron chi connectivity index (χ1n) is 12.1. The number of fused-ring (bicyclic) bond motifs is 2. The molecule has 1 aliphatic rings. The fraction of sp³-hybridized carbons (Fsp3) is 0.241. The molecule has 0 atom stereocenters. The van der Waals surface area contributed by atoms with Crippen molar-refractivity contribution < 1.29 is 4.79 Å². The van der Waals surface area contributed by atoms with E-state index in [1.54, 1.807) is 11.3 Å². The van der Waals surface area contributed by atoms with Crippen molar-refractivity contribution in [2.45, 2.75) is 20.4 Å². The maximum Gasteiger partial charge on any atom is 0.253 e. The van der Waals surface area contributed by atoms with E-state index in [4.69, 9.17) is 4.98 Å². The number of piperazine rings is 1. The maximum absolute atomic E-state index is 13.2. The van der Waals surface area contributed by atoms with E-state index in [9.17, 15) is 4.79 Å². The molecule has 1 aliphatic heterocycles. The van der Waals surface area contributed by atoms with Gasteiger partial charge in [-0.2, -0.15) is 0 Å². The summed E-state index contributed by atoms with van der Waals surface area (Å²) in [4.78, 5) is 24.9. The molecule has 6 heteroatoms. The van der Waals surface area contributed by atoms with Crippen molar-refractivity contribution in [2.75, 3.05) is 26.2 Å². The Balaban J connectivity index is 1.20. The van der Waals surface area contributed by atoms with E-state index in [0.29, 0.717) is 0 Å². The summed E-state index contributed by atoms with van der Waals surface area (Å²) in [5.74, 6) is 0.121. The van der Waals surface area contributed by atoms with E-state index in [0.717, 1.165) is 65.3 Å². The highest BCUT2D eigenvalue weighted by atomic mass is 32.1. The van der Waals surface area contributed by atoms with Crippen LogP contribution in [0.3, 0.4) is 0 Å². The zero-order valence-electron chi connectivity index (χ0n) is 20.1. The zero-order chi connectivity index (χ0) is 23.9. The van der Waals surface area contributed by atoms with E-state index >= 15 is 0 Å². The van der Waals surface area contributed by atoms with Gasteiger partial charge in [0.15, 0.2) is 4.96 Å². The molecule has 0 aliphatic carbocycles. The van der Waals surface area contributed by atoms with Gasteiger partial charge in [-0.25, -0.2) is 4.98 Å². The maximum atomic E-state index is 13.2. The Labute approximate surface area is 209 Å². The summed E-state index contributed by atoms with van der Waals surface area (Å²) < 4.78 is 2.25. The number of carbonyl (C=O) groups is 1. The van der Waals surface area contributed by atoms with Crippen molar-refractivity contribution in [1.82, 2.24) is 19.2 Å². The molecule has 0 saturated carbocycles. The van der Waals surface area contributed by atoms with Gasteiger partial charge >= 0.3 is 0 Å². The predicted octanol–water partition coefficient (Wildman–Crippen LogP) is 5.79. The molecule has 0 radical (unpaired) electrons. The Bertz CT molecular complexity index is 1520. The van der Waals surface area contributed by atoms with E-state index in [-0.39, 0.29) is 5.91 Å². The van der Waals surface area contributed by atoms with Gasteiger partial charge in [0, 0.05) is 54.9 Å². The average molecular weight is 481 g/mol. The summed E-state index contributed by atoms with van der Waals surface area (Å²) >= 11 is 1.73. The lowest BCUT2D eigenvalue weighted by atomic mass is 10.1. The van der Waals surface area contributed by atoms with Crippen LogP contribution in [-0.2, 0) is 6.54 Å². The van der Waals surface area contributed by atoms with Crippen molar-refractivity contribution in [3.63, 3.8) is 0 Å². The summed E-state index contributed by atoms with van der Waals surface area (Å²) in [6, 6.07) is 22.8. The molecular formula is C29H28N4OS. The topological polar surface area (TPSA) is 40.9 Å². The molecular weight excluding hydrogens is 452 g/mol. The summed E-state index contributed by atoms with van der Waals surface area (Å²) in [6.07, 6.45) is 2.19. The molecule has 5 aromatic rings. The number of amides is 1. The molecule has 3 aromatic carbocycles. The normalized spacial score (nSPS) is 14.7. The predicted molar refractivity (Wildman–Crippen MR) is 143 cm³/mol. The van der Waals surface area contributed by atoms with Crippen LogP contribution in [0.2, 0.25) is 0 Å². The van der Waals surface area contributed by atoms with Gasteiger partial charge in [-0.3, -0.25) is 14.1 Å². The first kappa shape index (κ1) is 22.0. The quantitative estimate of drug-likeness (QED) is 0.327. The summed E-state index contributed by atoms with van der Waals surface area (Å²) in [6.45, 7) is 8.22. The number of nitrogens with zero attached hydrogens (tertiary/aromatic N) is 4. The second-order valence-electron chi connectivity index (χ2n) is 9.40. The fourth-order valence-corrected chi connectivity index (χ4v) is 5.76. The van der Waals surface area contributed by atoms with Crippen LogP contribution in [0.5, 0.6) is 0 Å². The van der Waals surface area contributed by atoms with Crippen molar-refractivity contribution in [3.05, 3.63) is 94.6 Å². The highest BCUT2D eigenvalue weighted by Gasteiger charge is 2.25. The Morgan fingerprint density at radius 1 is 0.914 bits per heavy atom. The molecule has 5 nitrogen and oxygen atoms in total. The van der Waals surface area contributed by atoms with Gasteiger partial charge in [-0.15, -0.1) is 11.3 Å². The zero-order valence-corrected chi connectivity index (χ0v) is 20.9. The Hall–Kier alpha value is -3.48. The van der Waals surface area contributed by atoms with Crippen molar-refractivity contribution in [1.29, 1.82) is 0 Å². The van der Waals surface area contributed by atoms with Gasteiger partial charge in [-0.1, -0.05) is 60.2 Å². The summed E-state index contributed by atoms with van der Waals surface area (Å²) in [7, 11) is 0. The van der Waals surface area contributed by atoms with Gasteiger partial charge in [0.2, 0.25) is 0 Å². The molecule has 0 spiro atoms. The summed E-state index contributed by atoms with van der Waals surface area (Å²) in [5.41, 5.74) is 5.46. The molecule has 0 unspecified atom stereocenters. The lowest BCUT2D eigenvalue weighted by Crippen LogP contribution is -2.48. The molecule has 35 heavy (non-hydrogen) atoms. The minimum Gasteiger partial charge on any atom is -0.336 e. The third kappa shape index (κ3) is 4.24. The molecule has 3 heterocycles. The van der Waals surface area contributed by atoms with E-state index < -0.39 is 0 Å². The average Bonchev–Trinajstić information content (AvgIpc) is 3.41. The molecule has 0 N–H and O–H groups in total. The van der Waals surface area contributed by atoms with E-state index in [1.807, 2.05) is 35.2 Å². The molecule has 6 rings (SSSR count). The van der Waals surface area contributed by atoms with Crippen LogP contribution >= 0.6 is 11.3 Å². The Morgan fingerprint density at radius 3 is 2.43 bits per heavy atom. The highest BCUT2D eigenvalue weighted by Crippen LogP contribution is 2.30. The highest BCUT2D eigenvalue weighted by molar-refractivity contribution is 7.17. The molecule has 1 fully saturated rings. The second-order valence-corrected chi connectivity index (χ2v) is 10.6. The first-order valence-corrected chi connectivity index (χ1v) is 12.9. The standard InChI is InChI=1S/C29H28N4OS/c1-20-7-9-23(10-8-20)27-26(33-18-21(2)35-29(33)30-27)19-31-13-15-32(16-14-31)28(34)25-12-11-22-5-3-4-6-24(22)17-25/h3-12,17-18H,13-16,19H2,1-2H3. The van der Waals surface area contributed by atoms with Crippen LogP contribution in [0, 0.1) is 13.8 Å². The van der Waals surface area contributed by atoms with Crippen LogP contribution in [-0.4, -0.2) is 51.3 Å². The minimum absolute atomic E-state index is 0.121. The Kier molecular flexibility index (Phi) is 5.63. The van der Waals surface area contributed by atoms with E-state index in [1.165, 1.54) is 16.1 Å². The first-order chi connectivity index (χ1) is 17.0. The third-order valence-electron chi connectivity index (χ3n) is 6.90. The molecule has 2 aromatic heterocycles. The van der Waals surface area contributed by atoms with Gasteiger partial charge in [0.25, 0.3) is 5.91 Å². The van der Waals surface area contributed by atoms with Crippen LogP contribution in [0.1, 0.15) is 26.5 Å². The summed E-state index contributed by atoms with van der Waals surface area (Å²) in [5, 5.41) is 2.27. The van der Waals surface area contributed by atoms with Crippen molar-refractivity contribution in [3.8, 4) is 11.3 Å². The third-order valence-corrected chi connectivity index (χ3v) is 7.79. The second kappa shape index (κ2) is 8.95. The number of hydrogen-bond acceptors (Lipinski definition) is 4. The number of thiazole rings is 1. The molecule has 0 bridgehead atoms. The Morgan fingerprint density at radius 2 is 1.66 bits per heavy atom. The van der Waals surface area contributed by atoms with Crippen LogP contribution in [0.25, 0.3) is 27.0 Å². The van der Waals surface area contributed by atoms with Crippen molar-refractivity contribution >= 4 is 33.0 Å². The number of hydrogen-bond donors (Lipinski definition) is 0. The number of benzene rings is 3. The number of rotatable bonds is 4. The van der Waals surface area contributed by atoms with Crippen molar-refractivity contribution in [2.24, 2.45) is 0 Å². The molecule has 1 amide bonds. The smallest absolute Gasteiger partial charge is 0.253 e. The molecule has 176 valence electrons. The molecule has 1 saturated heterocycles.